The zero-order valence-corrected chi connectivity index (χ0v) is 12.0. The summed E-state index contributed by atoms with van der Waals surface area (Å²) in [4.78, 5) is 4.27. The number of hydrogen-bond acceptors (Lipinski definition) is 3. The van der Waals surface area contributed by atoms with Gasteiger partial charge in [0.15, 0.2) is 0 Å². The molecule has 0 saturated carbocycles. The minimum absolute atomic E-state index is 0.254. The number of alkyl halides is 3. The fourth-order valence-electron chi connectivity index (χ4n) is 2.37. The van der Waals surface area contributed by atoms with Gasteiger partial charge in [-0.15, -0.1) is 0 Å². The normalized spacial score (nSPS) is 19.3. The molecular weight excluding hydrogens is 255 g/mol. The third-order valence-corrected chi connectivity index (χ3v) is 3.61. The maximum atomic E-state index is 12.5. The number of piperidine rings is 1. The summed E-state index contributed by atoms with van der Waals surface area (Å²) < 4.78 is 37.5. The number of likely N-dealkylation sites (tertiary alicyclic amines) is 1. The minimum atomic E-state index is -4.00. The summed E-state index contributed by atoms with van der Waals surface area (Å²) in [5, 5.41) is 3.34. The maximum absolute atomic E-state index is 12.5. The Labute approximate surface area is 114 Å². The molecule has 1 fully saturated rings. The lowest BCUT2D eigenvalue weighted by Crippen LogP contribution is -2.41. The van der Waals surface area contributed by atoms with Crippen LogP contribution in [0.4, 0.5) is 13.2 Å². The third-order valence-electron chi connectivity index (χ3n) is 3.61. The van der Waals surface area contributed by atoms with Crippen molar-refractivity contribution in [2.24, 2.45) is 5.92 Å². The van der Waals surface area contributed by atoms with Crippen LogP contribution in [0, 0.1) is 5.92 Å². The monoisotopic (exact) mass is 281 g/mol. The Bertz CT molecular complexity index is 236. The first-order chi connectivity index (χ1) is 8.89. The molecule has 0 bridgehead atoms. The molecule has 0 aromatic heterocycles. The lowest BCUT2D eigenvalue weighted by Gasteiger charge is -2.32. The Kier molecular flexibility index (Phi) is 7.10. The summed E-state index contributed by atoms with van der Waals surface area (Å²) in [5.41, 5.74) is 0. The summed E-state index contributed by atoms with van der Waals surface area (Å²) in [5.74, 6) is -1.09. The van der Waals surface area contributed by atoms with Crippen LogP contribution in [0.15, 0.2) is 0 Å². The molecule has 0 amide bonds. The van der Waals surface area contributed by atoms with Gasteiger partial charge in [0.2, 0.25) is 0 Å². The standard InChI is InChI=1S/C13H26F3N3/c1-18(2)8-3-6-17-7-11-19-9-4-12(5-10-19)13(14,15)16/h12,17H,3-11H2,1-2H3. The number of nitrogens with one attached hydrogen (secondary N) is 1. The largest absolute Gasteiger partial charge is 0.391 e. The Morgan fingerprint density at radius 2 is 1.79 bits per heavy atom. The van der Waals surface area contributed by atoms with Crippen LogP contribution >= 0.6 is 0 Å². The molecule has 114 valence electrons. The molecule has 1 aliphatic heterocycles. The van der Waals surface area contributed by atoms with E-state index in [9.17, 15) is 13.2 Å². The van der Waals surface area contributed by atoms with Gasteiger partial charge in [-0.2, -0.15) is 13.2 Å². The van der Waals surface area contributed by atoms with E-state index in [1.165, 1.54) is 0 Å². The molecule has 0 aliphatic carbocycles. The van der Waals surface area contributed by atoms with Gasteiger partial charge < -0.3 is 15.1 Å². The molecule has 6 heteroatoms. The molecule has 1 heterocycles. The van der Waals surface area contributed by atoms with Crippen molar-refractivity contribution in [1.82, 2.24) is 15.1 Å². The van der Waals surface area contributed by atoms with Crippen molar-refractivity contribution in [1.29, 1.82) is 0 Å². The first kappa shape index (κ1) is 16.7. The summed E-state index contributed by atoms with van der Waals surface area (Å²) >= 11 is 0. The van der Waals surface area contributed by atoms with Gasteiger partial charge in [0.1, 0.15) is 0 Å². The number of nitrogens with zero attached hydrogens (tertiary/aromatic N) is 2. The summed E-state index contributed by atoms with van der Waals surface area (Å²) in [6, 6.07) is 0. The van der Waals surface area contributed by atoms with Gasteiger partial charge in [0.25, 0.3) is 0 Å². The van der Waals surface area contributed by atoms with Gasteiger partial charge in [-0.1, -0.05) is 0 Å². The van der Waals surface area contributed by atoms with Crippen molar-refractivity contribution < 1.29 is 13.2 Å². The first-order valence-corrected chi connectivity index (χ1v) is 7.04. The zero-order valence-electron chi connectivity index (χ0n) is 12.0. The predicted octanol–water partition coefficient (Wildman–Crippen LogP) is 1.80. The van der Waals surface area contributed by atoms with Crippen LogP contribution in [0.2, 0.25) is 0 Å². The molecule has 3 nitrogen and oxygen atoms in total. The zero-order chi connectivity index (χ0) is 14.3. The average Bonchev–Trinajstić information content (AvgIpc) is 2.32. The SMILES string of the molecule is CN(C)CCCNCCN1CCC(C(F)(F)F)CC1. The molecule has 1 aliphatic rings. The second-order valence-corrected chi connectivity index (χ2v) is 5.56. The Morgan fingerprint density at radius 3 is 2.32 bits per heavy atom. The van der Waals surface area contributed by atoms with Crippen LogP contribution in [0.3, 0.4) is 0 Å². The van der Waals surface area contributed by atoms with Crippen molar-refractivity contribution in [3.63, 3.8) is 0 Å². The average molecular weight is 281 g/mol. The van der Waals surface area contributed by atoms with E-state index in [-0.39, 0.29) is 12.8 Å². The van der Waals surface area contributed by atoms with Crippen molar-refractivity contribution >= 4 is 0 Å². The van der Waals surface area contributed by atoms with E-state index in [1.807, 2.05) is 14.1 Å². The van der Waals surface area contributed by atoms with Gasteiger partial charge in [-0.3, -0.25) is 0 Å². The quantitative estimate of drug-likeness (QED) is 0.718. The van der Waals surface area contributed by atoms with Crippen molar-refractivity contribution in [3.05, 3.63) is 0 Å². The molecule has 0 atom stereocenters. The fraction of sp³-hybridized carbons (Fsp3) is 1.00. The van der Waals surface area contributed by atoms with Gasteiger partial charge in [0, 0.05) is 13.1 Å². The van der Waals surface area contributed by atoms with Crippen LogP contribution in [0.25, 0.3) is 0 Å². The summed E-state index contributed by atoms with van der Waals surface area (Å²) in [6.45, 7) is 4.89. The van der Waals surface area contributed by atoms with E-state index in [4.69, 9.17) is 0 Å². The van der Waals surface area contributed by atoms with Crippen LogP contribution in [-0.2, 0) is 0 Å². The van der Waals surface area contributed by atoms with Gasteiger partial charge in [-0.05, 0) is 59.5 Å². The Hall–Kier alpha value is -0.330. The van der Waals surface area contributed by atoms with Crippen LogP contribution < -0.4 is 5.32 Å². The smallest absolute Gasteiger partial charge is 0.315 e. The third kappa shape index (κ3) is 7.13. The molecule has 0 unspecified atom stereocenters. The van der Waals surface area contributed by atoms with E-state index >= 15 is 0 Å². The molecule has 0 aromatic rings. The topological polar surface area (TPSA) is 18.5 Å². The van der Waals surface area contributed by atoms with Gasteiger partial charge >= 0.3 is 6.18 Å². The number of halogens is 3. The lowest BCUT2D eigenvalue weighted by atomic mass is 9.96. The molecule has 1 rings (SSSR count). The molecule has 0 radical (unpaired) electrons. The van der Waals surface area contributed by atoms with E-state index < -0.39 is 12.1 Å². The minimum Gasteiger partial charge on any atom is -0.315 e. The second-order valence-electron chi connectivity index (χ2n) is 5.56. The first-order valence-electron chi connectivity index (χ1n) is 7.04. The van der Waals surface area contributed by atoms with Gasteiger partial charge in [0.05, 0.1) is 5.92 Å². The van der Waals surface area contributed by atoms with Crippen LogP contribution in [0.1, 0.15) is 19.3 Å². The highest BCUT2D eigenvalue weighted by Crippen LogP contribution is 2.33. The van der Waals surface area contributed by atoms with Crippen molar-refractivity contribution in [2.75, 3.05) is 53.4 Å². The maximum Gasteiger partial charge on any atom is 0.391 e. The molecule has 1 saturated heterocycles. The molecule has 19 heavy (non-hydrogen) atoms. The Balaban J connectivity index is 2.01. The van der Waals surface area contributed by atoms with Crippen LogP contribution in [-0.4, -0.2) is 69.3 Å². The van der Waals surface area contributed by atoms with Crippen molar-refractivity contribution in [3.8, 4) is 0 Å². The summed E-state index contributed by atoms with van der Waals surface area (Å²) in [6.07, 6.45) is -2.39. The molecule has 0 aromatic carbocycles. The van der Waals surface area contributed by atoms with E-state index in [0.717, 1.165) is 32.6 Å². The van der Waals surface area contributed by atoms with Crippen LogP contribution in [0.5, 0.6) is 0 Å². The summed E-state index contributed by atoms with van der Waals surface area (Å²) in [7, 11) is 4.09. The predicted molar refractivity (Wildman–Crippen MR) is 71.3 cm³/mol. The molecular formula is C13H26F3N3. The van der Waals surface area contributed by atoms with E-state index in [0.29, 0.717) is 13.1 Å². The number of hydrogen-bond donors (Lipinski definition) is 1. The van der Waals surface area contributed by atoms with E-state index in [2.05, 4.69) is 15.1 Å². The van der Waals surface area contributed by atoms with E-state index in [1.54, 1.807) is 0 Å². The van der Waals surface area contributed by atoms with Gasteiger partial charge in [-0.25, -0.2) is 0 Å². The highest BCUT2D eigenvalue weighted by Gasteiger charge is 2.40. The highest BCUT2D eigenvalue weighted by molar-refractivity contribution is 4.77. The lowest BCUT2D eigenvalue weighted by molar-refractivity contribution is -0.184. The molecule has 0 spiro atoms. The second kappa shape index (κ2) is 8.07. The highest BCUT2D eigenvalue weighted by atomic mass is 19.4. The van der Waals surface area contributed by atoms with Crippen molar-refractivity contribution in [2.45, 2.75) is 25.4 Å². The fourth-order valence-corrected chi connectivity index (χ4v) is 2.37. The molecule has 1 N–H and O–H groups in total. The number of rotatable bonds is 7. The Morgan fingerprint density at radius 1 is 1.16 bits per heavy atom.